The Hall–Kier alpha value is -1.30. The molecule has 19 heavy (non-hydrogen) atoms. The molecule has 2 rings (SSSR count). The summed E-state index contributed by atoms with van der Waals surface area (Å²) < 4.78 is 5.39. The smallest absolute Gasteiger partial charge is 0.320 e. The fraction of sp³-hybridized carbons (Fsp3) is 0.846. The first-order valence-corrected chi connectivity index (χ1v) is 7.00. The van der Waals surface area contributed by atoms with Crippen LogP contribution in [0.15, 0.2) is 0 Å². The van der Waals surface area contributed by atoms with Gasteiger partial charge in [-0.1, -0.05) is 6.92 Å². The van der Waals surface area contributed by atoms with E-state index in [0.717, 1.165) is 25.8 Å². The van der Waals surface area contributed by atoms with Crippen molar-refractivity contribution in [2.75, 3.05) is 26.2 Å². The van der Waals surface area contributed by atoms with Crippen LogP contribution in [0.2, 0.25) is 0 Å². The number of carbonyl (C=O) groups excluding carboxylic acids is 1. The quantitative estimate of drug-likeness (QED) is 0.813. The molecule has 1 saturated heterocycles. The van der Waals surface area contributed by atoms with E-state index >= 15 is 0 Å². The Morgan fingerprint density at radius 2 is 2.16 bits per heavy atom. The third kappa shape index (κ3) is 3.83. The van der Waals surface area contributed by atoms with Gasteiger partial charge >= 0.3 is 12.0 Å². The first-order valence-electron chi connectivity index (χ1n) is 7.00. The van der Waals surface area contributed by atoms with E-state index in [0.29, 0.717) is 25.7 Å². The van der Waals surface area contributed by atoms with Gasteiger partial charge < -0.3 is 19.6 Å². The summed E-state index contributed by atoms with van der Waals surface area (Å²) in [6, 6.07) is 0.441. The van der Waals surface area contributed by atoms with E-state index in [-0.39, 0.29) is 18.6 Å². The fourth-order valence-corrected chi connectivity index (χ4v) is 2.45. The van der Waals surface area contributed by atoms with Crippen LogP contribution in [-0.2, 0) is 9.53 Å². The number of hydrogen-bond donors (Lipinski definition) is 1. The summed E-state index contributed by atoms with van der Waals surface area (Å²) in [6.07, 6.45) is 2.72. The molecule has 0 spiro atoms. The third-order valence-electron chi connectivity index (χ3n) is 3.51. The van der Waals surface area contributed by atoms with Crippen molar-refractivity contribution in [2.24, 2.45) is 0 Å². The van der Waals surface area contributed by atoms with Crippen LogP contribution in [0.4, 0.5) is 4.79 Å². The molecule has 2 amide bonds. The number of carboxylic acid groups (broad SMARTS) is 1. The Morgan fingerprint density at radius 3 is 2.74 bits per heavy atom. The van der Waals surface area contributed by atoms with Crippen LogP contribution in [0, 0.1) is 0 Å². The second-order valence-electron chi connectivity index (χ2n) is 5.24. The SMILES string of the molecule is CCCN(C(=O)N1CCOC(CC(=O)O)C1)C1CC1. The molecule has 0 bridgehead atoms. The summed E-state index contributed by atoms with van der Waals surface area (Å²) in [5, 5.41) is 8.79. The maximum absolute atomic E-state index is 12.4. The van der Waals surface area contributed by atoms with Crippen LogP contribution >= 0.6 is 0 Å². The zero-order chi connectivity index (χ0) is 13.8. The van der Waals surface area contributed by atoms with Gasteiger partial charge in [0.1, 0.15) is 0 Å². The molecule has 1 aliphatic carbocycles. The highest BCUT2D eigenvalue weighted by molar-refractivity contribution is 5.75. The standard InChI is InChI=1S/C13H22N2O4/c1-2-5-15(10-3-4-10)13(18)14-6-7-19-11(9-14)8-12(16)17/h10-11H,2-9H2,1H3,(H,16,17). The number of carboxylic acids is 1. The molecule has 1 saturated carbocycles. The lowest BCUT2D eigenvalue weighted by atomic mass is 10.2. The summed E-state index contributed by atoms with van der Waals surface area (Å²) in [5.41, 5.74) is 0. The molecule has 1 heterocycles. The van der Waals surface area contributed by atoms with Gasteiger partial charge in [0, 0.05) is 25.7 Å². The molecule has 1 N–H and O–H groups in total. The minimum atomic E-state index is -0.882. The van der Waals surface area contributed by atoms with E-state index in [1.54, 1.807) is 4.90 Å². The van der Waals surface area contributed by atoms with Crippen molar-refractivity contribution in [1.29, 1.82) is 0 Å². The van der Waals surface area contributed by atoms with Crippen molar-refractivity contribution >= 4 is 12.0 Å². The normalized spacial score (nSPS) is 23.2. The van der Waals surface area contributed by atoms with Crippen LogP contribution in [0.5, 0.6) is 0 Å². The van der Waals surface area contributed by atoms with Crippen molar-refractivity contribution < 1.29 is 19.4 Å². The minimum absolute atomic E-state index is 0.0407. The summed E-state index contributed by atoms with van der Waals surface area (Å²) in [6.45, 7) is 4.22. The van der Waals surface area contributed by atoms with Crippen LogP contribution < -0.4 is 0 Å². The van der Waals surface area contributed by atoms with Crippen molar-refractivity contribution in [3.05, 3.63) is 0 Å². The lowest BCUT2D eigenvalue weighted by molar-refractivity contribution is -0.141. The van der Waals surface area contributed by atoms with E-state index in [1.807, 2.05) is 4.90 Å². The van der Waals surface area contributed by atoms with Crippen LogP contribution in [0.1, 0.15) is 32.6 Å². The molecule has 0 aromatic heterocycles. The highest BCUT2D eigenvalue weighted by Gasteiger charge is 2.36. The van der Waals surface area contributed by atoms with Gasteiger partial charge in [-0.3, -0.25) is 4.79 Å². The molecule has 0 aromatic carbocycles. The molecular formula is C13H22N2O4. The maximum Gasteiger partial charge on any atom is 0.320 e. The maximum atomic E-state index is 12.4. The van der Waals surface area contributed by atoms with Crippen LogP contribution in [0.25, 0.3) is 0 Å². The Balaban J connectivity index is 1.91. The molecule has 2 aliphatic rings. The van der Waals surface area contributed by atoms with Crippen molar-refractivity contribution in [1.82, 2.24) is 9.80 Å². The second-order valence-corrected chi connectivity index (χ2v) is 5.24. The molecule has 108 valence electrons. The average Bonchev–Trinajstić information content (AvgIpc) is 3.19. The van der Waals surface area contributed by atoms with Gasteiger partial charge in [-0.05, 0) is 19.3 Å². The largest absolute Gasteiger partial charge is 0.481 e. The van der Waals surface area contributed by atoms with Gasteiger partial charge in [-0.15, -0.1) is 0 Å². The van der Waals surface area contributed by atoms with Crippen LogP contribution in [0.3, 0.4) is 0 Å². The lowest BCUT2D eigenvalue weighted by Gasteiger charge is -2.36. The highest BCUT2D eigenvalue weighted by Crippen LogP contribution is 2.28. The Kier molecular flexibility index (Phi) is 4.63. The molecule has 1 atom stereocenters. The van der Waals surface area contributed by atoms with Crippen molar-refractivity contribution in [2.45, 2.75) is 44.8 Å². The van der Waals surface area contributed by atoms with Gasteiger partial charge in [0.15, 0.2) is 0 Å². The monoisotopic (exact) mass is 270 g/mol. The van der Waals surface area contributed by atoms with Crippen molar-refractivity contribution in [3.63, 3.8) is 0 Å². The Morgan fingerprint density at radius 1 is 1.42 bits per heavy atom. The van der Waals surface area contributed by atoms with E-state index in [4.69, 9.17) is 9.84 Å². The molecule has 1 unspecified atom stereocenters. The predicted molar refractivity (Wildman–Crippen MR) is 69.0 cm³/mol. The van der Waals surface area contributed by atoms with Crippen molar-refractivity contribution in [3.8, 4) is 0 Å². The Labute approximate surface area is 113 Å². The molecule has 0 aromatic rings. The van der Waals surface area contributed by atoms with E-state index in [2.05, 4.69) is 6.92 Å². The number of ether oxygens (including phenoxy) is 1. The second kappa shape index (κ2) is 6.23. The fourth-order valence-electron chi connectivity index (χ4n) is 2.45. The number of morpholine rings is 1. The summed E-state index contributed by atoms with van der Waals surface area (Å²) in [5.74, 6) is -0.882. The van der Waals surface area contributed by atoms with Gasteiger partial charge in [-0.25, -0.2) is 4.79 Å². The number of rotatable bonds is 5. The molecule has 0 radical (unpaired) electrons. The van der Waals surface area contributed by atoms with Gasteiger partial charge in [0.05, 0.1) is 19.1 Å². The predicted octanol–water partition coefficient (Wildman–Crippen LogP) is 1.16. The van der Waals surface area contributed by atoms with Gasteiger partial charge in [-0.2, -0.15) is 0 Å². The number of carbonyl (C=O) groups is 2. The van der Waals surface area contributed by atoms with Gasteiger partial charge in [0.2, 0.25) is 0 Å². The summed E-state index contributed by atoms with van der Waals surface area (Å²) >= 11 is 0. The molecule has 6 heteroatoms. The number of hydrogen-bond acceptors (Lipinski definition) is 3. The molecule has 6 nitrogen and oxygen atoms in total. The first-order chi connectivity index (χ1) is 9.11. The number of amides is 2. The number of aliphatic carboxylic acids is 1. The minimum Gasteiger partial charge on any atom is -0.481 e. The molecule has 2 fully saturated rings. The average molecular weight is 270 g/mol. The first kappa shape index (κ1) is 14.1. The number of nitrogens with zero attached hydrogens (tertiary/aromatic N) is 2. The van der Waals surface area contributed by atoms with E-state index in [1.165, 1.54) is 0 Å². The molecular weight excluding hydrogens is 248 g/mol. The highest BCUT2D eigenvalue weighted by atomic mass is 16.5. The van der Waals surface area contributed by atoms with Crippen LogP contribution in [-0.4, -0.2) is 65.3 Å². The zero-order valence-corrected chi connectivity index (χ0v) is 11.4. The van der Waals surface area contributed by atoms with Gasteiger partial charge in [0.25, 0.3) is 0 Å². The zero-order valence-electron chi connectivity index (χ0n) is 11.4. The summed E-state index contributed by atoms with van der Waals surface area (Å²) in [4.78, 5) is 26.8. The van der Waals surface area contributed by atoms with E-state index < -0.39 is 5.97 Å². The lowest BCUT2D eigenvalue weighted by Crippen LogP contribution is -2.52. The third-order valence-corrected chi connectivity index (χ3v) is 3.51. The Bertz CT molecular complexity index is 344. The summed E-state index contributed by atoms with van der Waals surface area (Å²) in [7, 11) is 0. The number of urea groups is 1. The topological polar surface area (TPSA) is 70.1 Å². The molecule has 1 aliphatic heterocycles. The van der Waals surface area contributed by atoms with E-state index in [9.17, 15) is 9.59 Å².